The zero-order chi connectivity index (χ0) is 23.2. The molecule has 0 saturated carbocycles. The number of hydrogen-bond donors (Lipinski definition) is 1. The number of aliphatic hydroxyl groups is 1. The molecule has 6 rings (SSSR count). The molecule has 0 spiro atoms. The molecule has 3 fully saturated rings. The highest BCUT2D eigenvalue weighted by atomic mass is 19.4. The Bertz CT molecular complexity index is 1140. The first-order valence-electron chi connectivity index (χ1n) is 11.5. The van der Waals surface area contributed by atoms with Crippen LogP contribution in [-0.4, -0.2) is 39.9 Å². The van der Waals surface area contributed by atoms with Crippen molar-refractivity contribution in [1.29, 1.82) is 0 Å². The fourth-order valence-electron chi connectivity index (χ4n) is 6.47. The number of aliphatic hydroxyl groups excluding tert-OH is 1. The van der Waals surface area contributed by atoms with Crippen molar-refractivity contribution in [2.24, 2.45) is 11.8 Å². The topological polar surface area (TPSA) is 33.1 Å². The van der Waals surface area contributed by atoms with Crippen LogP contribution < -0.4 is 0 Å². The van der Waals surface area contributed by atoms with Crippen LogP contribution in [0, 0.1) is 11.8 Å². The molecule has 3 saturated heterocycles. The number of quaternary nitrogens is 1. The van der Waals surface area contributed by atoms with E-state index in [-0.39, 0.29) is 21.9 Å². The maximum absolute atomic E-state index is 14.8. The van der Waals surface area contributed by atoms with Gasteiger partial charge in [-0.1, -0.05) is 54.6 Å². The number of hydrogen-bond acceptors (Lipinski definition) is 2. The van der Waals surface area contributed by atoms with Crippen LogP contribution in [0.5, 0.6) is 0 Å². The number of pyridine rings is 1. The molecule has 0 amide bonds. The SMILES string of the molecule is C=C[C@H]1C[N+]2(C(c3ccccc3)C(F)(F)F)CC[C@H]1C[C@@H]2[C@@H](O)c1ccnc2ccccc12. The third-order valence-electron chi connectivity index (χ3n) is 7.89. The summed E-state index contributed by atoms with van der Waals surface area (Å²) in [6.07, 6.45) is -0.786. The van der Waals surface area contributed by atoms with E-state index in [0.717, 1.165) is 10.9 Å². The molecule has 2 unspecified atom stereocenters. The molecule has 3 aliphatic heterocycles. The van der Waals surface area contributed by atoms with Gasteiger partial charge in [-0.15, -0.1) is 6.58 Å². The van der Waals surface area contributed by atoms with Crippen molar-refractivity contribution < 1.29 is 22.8 Å². The summed E-state index contributed by atoms with van der Waals surface area (Å²) in [7, 11) is 0. The third-order valence-corrected chi connectivity index (χ3v) is 7.89. The van der Waals surface area contributed by atoms with Crippen molar-refractivity contribution in [3.05, 3.63) is 90.6 Å². The van der Waals surface area contributed by atoms with E-state index in [1.807, 2.05) is 30.3 Å². The summed E-state index contributed by atoms with van der Waals surface area (Å²) in [5.41, 5.74) is 1.64. The van der Waals surface area contributed by atoms with Gasteiger partial charge in [0.05, 0.1) is 18.6 Å². The van der Waals surface area contributed by atoms with Gasteiger partial charge in [-0.05, 0) is 23.6 Å². The Labute approximate surface area is 191 Å². The van der Waals surface area contributed by atoms with E-state index >= 15 is 0 Å². The van der Waals surface area contributed by atoms with Gasteiger partial charge in [-0.25, -0.2) is 0 Å². The van der Waals surface area contributed by atoms with E-state index in [2.05, 4.69) is 11.6 Å². The van der Waals surface area contributed by atoms with E-state index in [1.54, 1.807) is 42.6 Å². The lowest BCUT2D eigenvalue weighted by Crippen LogP contribution is -2.71. The quantitative estimate of drug-likeness (QED) is 0.381. The molecule has 4 heterocycles. The highest BCUT2D eigenvalue weighted by Crippen LogP contribution is 2.55. The fraction of sp³-hybridized carbons (Fsp3) is 0.370. The smallest absolute Gasteiger partial charge is 0.382 e. The molecular weight excluding hydrogens is 425 g/mol. The van der Waals surface area contributed by atoms with Gasteiger partial charge in [0.25, 0.3) is 0 Å². The number of halogens is 3. The van der Waals surface area contributed by atoms with Gasteiger partial charge < -0.3 is 9.59 Å². The summed E-state index contributed by atoms with van der Waals surface area (Å²) in [4.78, 5) is 4.37. The molecule has 6 heteroatoms. The molecule has 3 nitrogen and oxygen atoms in total. The van der Waals surface area contributed by atoms with Gasteiger partial charge in [-0.3, -0.25) is 4.98 Å². The molecule has 1 aromatic heterocycles. The summed E-state index contributed by atoms with van der Waals surface area (Å²) in [6, 6.07) is 15.2. The summed E-state index contributed by atoms with van der Waals surface area (Å²) < 4.78 is 44.3. The van der Waals surface area contributed by atoms with Gasteiger partial charge in [-0.2, -0.15) is 13.2 Å². The lowest BCUT2D eigenvalue weighted by molar-refractivity contribution is -1.01. The largest absolute Gasteiger partial charge is 0.446 e. The number of benzene rings is 2. The highest BCUT2D eigenvalue weighted by Gasteiger charge is 2.64. The average molecular weight is 454 g/mol. The fourth-order valence-corrected chi connectivity index (χ4v) is 6.47. The lowest BCUT2D eigenvalue weighted by Gasteiger charge is -2.61. The Morgan fingerprint density at radius 1 is 1.06 bits per heavy atom. The Kier molecular flexibility index (Phi) is 5.53. The van der Waals surface area contributed by atoms with Crippen LogP contribution in [0.4, 0.5) is 13.2 Å². The second kappa shape index (κ2) is 8.26. The summed E-state index contributed by atoms with van der Waals surface area (Å²) in [5.74, 6) is 0.241. The minimum absolute atomic E-state index is 0.00458. The van der Waals surface area contributed by atoms with Gasteiger partial charge in [0.2, 0.25) is 6.04 Å². The third kappa shape index (κ3) is 3.65. The summed E-state index contributed by atoms with van der Waals surface area (Å²) in [6.45, 7) is 4.65. The average Bonchev–Trinajstić information content (AvgIpc) is 2.83. The maximum Gasteiger partial charge on any atom is 0.446 e. The number of piperidine rings is 3. The zero-order valence-corrected chi connectivity index (χ0v) is 18.3. The second-order valence-electron chi connectivity index (χ2n) is 9.48. The molecule has 1 N–H and O–H groups in total. The first-order chi connectivity index (χ1) is 15.8. The van der Waals surface area contributed by atoms with Crippen molar-refractivity contribution in [3.63, 3.8) is 0 Å². The predicted molar refractivity (Wildman–Crippen MR) is 122 cm³/mol. The van der Waals surface area contributed by atoms with Gasteiger partial charge >= 0.3 is 6.18 Å². The molecule has 3 aliphatic rings. The van der Waals surface area contributed by atoms with Gasteiger partial charge in [0, 0.05) is 35.9 Å². The van der Waals surface area contributed by atoms with E-state index in [1.165, 1.54) is 0 Å². The van der Waals surface area contributed by atoms with E-state index in [0.29, 0.717) is 31.5 Å². The maximum atomic E-state index is 14.8. The zero-order valence-electron chi connectivity index (χ0n) is 18.3. The van der Waals surface area contributed by atoms with Crippen LogP contribution in [0.25, 0.3) is 10.9 Å². The Hall–Kier alpha value is -2.70. The lowest BCUT2D eigenvalue weighted by atomic mass is 9.69. The van der Waals surface area contributed by atoms with E-state index in [4.69, 9.17) is 0 Å². The molecule has 6 atom stereocenters. The van der Waals surface area contributed by atoms with Crippen molar-refractivity contribution in [1.82, 2.24) is 4.98 Å². The molecular formula is C27H28F3N2O+. The molecule has 2 bridgehead atoms. The van der Waals surface area contributed by atoms with Crippen LogP contribution in [0.15, 0.2) is 79.5 Å². The van der Waals surface area contributed by atoms with Crippen molar-refractivity contribution >= 4 is 10.9 Å². The van der Waals surface area contributed by atoms with Crippen molar-refractivity contribution in [2.45, 2.75) is 37.2 Å². The van der Waals surface area contributed by atoms with E-state index in [9.17, 15) is 18.3 Å². The number of alkyl halides is 3. The number of rotatable bonds is 5. The highest BCUT2D eigenvalue weighted by molar-refractivity contribution is 5.82. The van der Waals surface area contributed by atoms with Crippen molar-refractivity contribution in [3.8, 4) is 0 Å². The molecule has 0 radical (unpaired) electrons. The number of nitrogens with zero attached hydrogens (tertiary/aromatic N) is 2. The van der Waals surface area contributed by atoms with Crippen LogP contribution in [0.2, 0.25) is 0 Å². The van der Waals surface area contributed by atoms with Gasteiger partial charge in [0.1, 0.15) is 12.1 Å². The molecule has 172 valence electrons. The van der Waals surface area contributed by atoms with Crippen LogP contribution in [0.1, 0.15) is 36.1 Å². The first kappa shape index (κ1) is 22.1. The number of fused-ring (bicyclic) bond motifs is 4. The van der Waals surface area contributed by atoms with Crippen LogP contribution in [0.3, 0.4) is 0 Å². The van der Waals surface area contributed by atoms with Crippen LogP contribution >= 0.6 is 0 Å². The molecule has 0 aliphatic carbocycles. The first-order valence-corrected chi connectivity index (χ1v) is 11.5. The molecule has 3 aromatic rings. The molecule has 2 aromatic carbocycles. The van der Waals surface area contributed by atoms with Gasteiger partial charge in [0.15, 0.2) is 0 Å². The van der Waals surface area contributed by atoms with Crippen LogP contribution in [-0.2, 0) is 0 Å². The Balaban J connectivity index is 1.67. The van der Waals surface area contributed by atoms with Crippen molar-refractivity contribution in [2.75, 3.05) is 13.1 Å². The normalized spacial score (nSPS) is 29.0. The predicted octanol–water partition coefficient (Wildman–Crippen LogP) is 5.98. The van der Waals surface area contributed by atoms with E-state index < -0.39 is 24.4 Å². The summed E-state index contributed by atoms with van der Waals surface area (Å²) >= 11 is 0. The minimum atomic E-state index is -4.45. The second-order valence-corrected chi connectivity index (χ2v) is 9.48. The Morgan fingerprint density at radius 3 is 2.52 bits per heavy atom. The minimum Gasteiger partial charge on any atom is -0.382 e. The number of aromatic nitrogens is 1. The summed E-state index contributed by atoms with van der Waals surface area (Å²) in [5, 5.41) is 12.5. The number of para-hydroxylation sites is 1. The Morgan fingerprint density at radius 2 is 1.79 bits per heavy atom. The monoisotopic (exact) mass is 453 g/mol. The standard InChI is InChI=1S/C27H28F3N2O/c1-2-18-17-32(26(27(28,29)30)19-8-4-3-5-9-19)15-13-20(18)16-24(32)25(33)22-12-14-31-23-11-7-6-10-21(22)23/h2-12,14,18,20,24-26,33H,1,13,15-17H2/q+1/t18-,20-,24+,25-,26?,32?/m0/s1. The molecule has 33 heavy (non-hydrogen) atoms.